The minimum atomic E-state index is -1.32. The zero-order valence-corrected chi connectivity index (χ0v) is 17.7. The maximum absolute atomic E-state index is 14.4. The molecule has 164 valence electrons. The first-order valence-corrected chi connectivity index (χ1v) is 10.0. The Labute approximate surface area is 180 Å². The first-order valence-electron chi connectivity index (χ1n) is 10.0. The third-order valence-corrected chi connectivity index (χ3v) is 5.30. The van der Waals surface area contributed by atoms with Crippen LogP contribution in [0.15, 0.2) is 54.6 Å². The SMILES string of the molecule is CC(C)(C)[C@H](NCC(=O)[O-])C(=O)N1CC(c2cc(F)ccc2F)=C[C@H]1c1ccccc1. The van der Waals surface area contributed by atoms with E-state index in [-0.39, 0.29) is 18.0 Å². The van der Waals surface area contributed by atoms with Crippen LogP contribution >= 0.6 is 0 Å². The number of rotatable bonds is 6. The molecule has 1 aliphatic rings. The fourth-order valence-electron chi connectivity index (χ4n) is 3.79. The zero-order valence-electron chi connectivity index (χ0n) is 17.7. The van der Waals surface area contributed by atoms with Gasteiger partial charge in [0.15, 0.2) is 0 Å². The van der Waals surface area contributed by atoms with Crippen molar-refractivity contribution < 1.29 is 23.5 Å². The molecule has 2 atom stereocenters. The third-order valence-electron chi connectivity index (χ3n) is 5.30. The van der Waals surface area contributed by atoms with Crippen molar-refractivity contribution in [2.75, 3.05) is 13.1 Å². The van der Waals surface area contributed by atoms with E-state index in [1.807, 2.05) is 51.1 Å². The number of amides is 1. The van der Waals surface area contributed by atoms with E-state index in [2.05, 4.69) is 5.32 Å². The number of benzene rings is 2. The number of aliphatic carboxylic acids is 1. The predicted octanol–water partition coefficient (Wildman–Crippen LogP) is 2.69. The van der Waals surface area contributed by atoms with E-state index in [0.717, 1.165) is 23.8 Å². The standard InChI is InChI=1S/C24H26F2N2O3/c1-24(2,3)22(27-13-21(29)30)23(31)28-14-16(18-12-17(25)9-10-19(18)26)11-20(28)15-7-5-4-6-8-15/h4-12,20,22,27H,13-14H2,1-3H3,(H,29,30)/p-1/t20-,22+/m0/s1. The van der Waals surface area contributed by atoms with Crippen LogP contribution < -0.4 is 10.4 Å². The number of nitrogens with one attached hydrogen (secondary N) is 1. The minimum absolute atomic E-state index is 0.0678. The molecule has 0 saturated carbocycles. The highest BCUT2D eigenvalue weighted by Gasteiger charge is 2.39. The van der Waals surface area contributed by atoms with E-state index in [0.29, 0.717) is 5.57 Å². The molecule has 0 bridgehead atoms. The second-order valence-electron chi connectivity index (χ2n) is 8.69. The van der Waals surface area contributed by atoms with Crippen LogP contribution in [-0.2, 0) is 9.59 Å². The maximum Gasteiger partial charge on any atom is 0.241 e. The van der Waals surface area contributed by atoms with E-state index in [4.69, 9.17) is 0 Å². The molecule has 1 aliphatic heterocycles. The first-order chi connectivity index (χ1) is 14.6. The van der Waals surface area contributed by atoms with Crippen LogP contribution in [0.25, 0.3) is 5.57 Å². The van der Waals surface area contributed by atoms with Crippen LogP contribution in [0.2, 0.25) is 0 Å². The van der Waals surface area contributed by atoms with E-state index in [1.165, 1.54) is 0 Å². The third kappa shape index (κ3) is 5.17. The molecular formula is C24H25F2N2O3-. The Morgan fingerprint density at radius 1 is 1.16 bits per heavy atom. The Balaban J connectivity index is 2.00. The lowest BCUT2D eigenvalue weighted by Gasteiger charge is -2.36. The van der Waals surface area contributed by atoms with E-state index in [1.54, 1.807) is 11.0 Å². The summed E-state index contributed by atoms with van der Waals surface area (Å²) in [6.45, 7) is 5.07. The van der Waals surface area contributed by atoms with Crippen LogP contribution in [0.5, 0.6) is 0 Å². The van der Waals surface area contributed by atoms with Gasteiger partial charge in [0, 0.05) is 18.7 Å². The second kappa shape index (κ2) is 8.98. The maximum atomic E-state index is 14.4. The minimum Gasteiger partial charge on any atom is -0.549 e. The fourth-order valence-corrected chi connectivity index (χ4v) is 3.79. The highest BCUT2D eigenvalue weighted by Crippen LogP contribution is 2.37. The zero-order chi connectivity index (χ0) is 22.8. The van der Waals surface area contributed by atoms with Crippen molar-refractivity contribution in [2.45, 2.75) is 32.9 Å². The normalized spacial score (nSPS) is 17.4. The summed E-state index contributed by atoms with van der Waals surface area (Å²) >= 11 is 0. The number of carboxylic acid groups (broad SMARTS) is 1. The van der Waals surface area contributed by atoms with Crippen LogP contribution in [0.3, 0.4) is 0 Å². The van der Waals surface area contributed by atoms with Crippen LogP contribution in [0.4, 0.5) is 8.78 Å². The molecule has 5 nitrogen and oxygen atoms in total. The van der Waals surface area contributed by atoms with Crippen molar-refractivity contribution in [2.24, 2.45) is 5.41 Å². The fraction of sp³-hybridized carbons (Fsp3) is 0.333. The molecule has 1 amide bonds. The molecule has 3 rings (SSSR count). The summed E-state index contributed by atoms with van der Waals surface area (Å²) in [6, 6.07) is 11.1. The molecule has 0 fully saturated rings. The highest BCUT2D eigenvalue weighted by molar-refractivity contribution is 5.88. The molecule has 0 saturated heterocycles. The molecule has 1 N–H and O–H groups in total. The van der Waals surface area contributed by atoms with Gasteiger partial charge in [0.05, 0.1) is 18.1 Å². The van der Waals surface area contributed by atoms with Crippen LogP contribution in [0, 0.1) is 17.0 Å². The number of hydrogen-bond acceptors (Lipinski definition) is 4. The van der Waals surface area contributed by atoms with Gasteiger partial charge in [-0.05, 0) is 34.8 Å². The van der Waals surface area contributed by atoms with Crippen molar-refractivity contribution in [1.82, 2.24) is 10.2 Å². The number of halogens is 2. The van der Waals surface area contributed by atoms with Gasteiger partial charge in [0.1, 0.15) is 11.6 Å². The second-order valence-corrected chi connectivity index (χ2v) is 8.69. The summed E-state index contributed by atoms with van der Waals surface area (Å²) in [6.07, 6.45) is 1.75. The molecule has 0 unspecified atom stereocenters. The lowest BCUT2D eigenvalue weighted by atomic mass is 9.85. The number of carbonyl (C=O) groups is 2. The Morgan fingerprint density at radius 3 is 2.45 bits per heavy atom. The molecule has 2 aromatic carbocycles. The summed E-state index contributed by atoms with van der Waals surface area (Å²) < 4.78 is 28.2. The van der Waals surface area contributed by atoms with Gasteiger partial charge in [-0.3, -0.25) is 4.79 Å². The summed E-state index contributed by atoms with van der Waals surface area (Å²) in [5, 5.41) is 13.8. The topological polar surface area (TPSA) is 72.5 Å². The van der Waals surface area contributed by atoms with Crippen molar-refractivity contribution in [3.05, 3.63) is 77.4 Å². The quantitative estimate of drug-likeness (QED) is 0.770. The molecule has 0 aliphatic carbocycles. The molecule has 31 heavy (non-hydrogen) atoms. The summed E-state index contributed by atoms with van der Waals surface area (Å²) in [4.78, 5) is 26.1. The summed E-state index contributed by atoms with van der Waals surface area (Å²) in [5.74, 6) is -2.79. The lowest BCUT2D eigenvalue weighted by Crippen LogP contribution is -2.55. The van der Waals surface area contributed by atoms with Gasteiger partial charge >= 0.3 is 0 Å². The average molecular weight is 427 g/mol. The molecule has 7 heteroatoms. The molecule has 1 heterocycles. The molecular weight excluding hydrogens is 402 g/mol. The van der Waals surface area contributed by atoms with Gasteiger partial charge in [0.25, 0.3) is 0 Å². The van der Waals surface area contributed by atoms with E-state index < -0.39 is 41.6 Å². The Kier molecular flexibility index (Phi) is 6.55. The smallest absolute Gasteiger partial charge is 0.241 e. The van der Waals surface area contributed by atoms with Gasteiger partial charge < -0.3 is 20.1 Å². The number of hydrogen-bond donors (Lipinski definition) is 1. The van der Waals surface area contributed by atoms with Crippen molar-refractivity contribution in [3.8, 4) is 0 Å². The Bertz CT molecular complexity index is 1000. The van der Waals surface area contributed by atoms with Crippen molar-refractivity contribution in [1.29, 1.82) is 0 Å². The van der Waals surface area contributed by atoms with Gasteiger partial charge in [-0.1, -0.05) is 57.2 Å². The van der Waals surface area contributed by atoms with E-state index in [9.17, 15) is 23.5 Å². The molecule has 0 spiro atoms. The van der Waals surface area contributed by atoms with Gasteiger partial charge in [0.2, 0.25) is 5.91 Å². The highest BCUT2D eigenvalue weighted by atomic mass is 19.1. The largest absolute Gasteiger partial charge is 0.549 e. The van der Waals surface area contributed by atoms with Gasteiger partial charge in [-0.2, -0.15) is 0 Å². The molecule has 0 aromatic heterocycles. The van der Waals surface area contributed by atoms with Crippen LogP contribution in [0.1, 0.15) is 37.9 Å². The van der Waals surface area contributed by atoms with Crippen molar-refractivity contribution in [3.63, 3.8) is 0 Å². The average Bonchev–Trinajstić information content (AvgIpc) is 3.14. The molecule has 0 radical (unpaired) electrons. The monoisotopic (exact) mass is 427 g/mol. The molecule has 2 aromatic rings. The van der Waals surface area contributed by atoms with Gasteiger partial charge in [-0.15, -0.1) is 0 Å². The number of nitrogens with zero attached hydrogens (tertiary/aromatic N) is 1. The van der Waals surface area contributed by atoms with Crippen LogP contribution in [-0.4, -0.2) is 35.9 Å². The van der Waals surface area contributed by atoms with Gasteiger partial charge in [-0.25, -0.2) is 8.78 Å². The summed E-state index contributed by atoms with van der Waals surface area (Å²) in [7, 11) is 0. The summed E-state index contributed by atoms with van der Waals surface area (Å²) in [5.41, 5.74) is 0.814. The first kappa shape index (κ1) is 22.6. The number of carboxylic acids is 1. The van der Waals surface area contributed by atoms with E-state index >= 15 is 0 Å². The number of carbonyl (C=O) groups excluding carboxylic acids is 2. The lowest BCUT2D eigenvalue weighted by molar-refractivity contribution is -0.304. The Hall–Kier alpha value is -3.06. The Morgan fingerprint density at radius 2 is 1.84 bits per heavy atom. The van der Waals surface area contributed by atoms with Crippen molar-refractivity contribution >= 4 is 17.4 Å². The predicted molar refractivity (Wildman–Crippen MR) is 111 cm³/mol.